The van der Waals surface area contributed by atoms with Crippen molar-refractivity contribution < 1.29 is 19.5 Å². The molecular weight excluding hydrogens is 276 g/mol. The zero-order valence-corrected chi connectivity index (χ0v) is 11.5. The molecule has 2 aliphatic heterocycles. The molecule has 8 nitrogen and oxygen atoms in total. The lowest BCUT2D eigenvalue weighted by atomic mass is 10.2. The Hall–Kier alpha value is -2.48. The monoisotopic (exact) mass is 292 g/mol. The van der Waals surface area contributed by atoms with Crippen molar-refractivity contribution in [3.8, 4) is 5.75 Å². The minimum atomic E-state index is -0.410. The van der Waals surface area contributed by atoms with Crippen molar-refractivity contribution in [2.75, 3.05) is 36.5 Å². The number of ether oxygens (including phenoxy) is 2. The number of carbonyl (C=O) groups is 1. The van der Waals surface area contributed by atoms with E-state index in [1.54, 1.807) is 30.1 Å². The van der Waals surface area contributed by atoms with Gasteiger partial charge in [-0.1, -0.05) is 5.16 Å². The highest BCUT2D eigenvalue weighted by Crippen LogP contribution is 2.36. The number of anilines is 2. The van der Waals surface area contributed by atoms with Gasteiger partial charge in [0.05, 0.1) is 17.9 Å². The summed E-state index contributed by atoms with van der Waals surface area (Å²) in [7, 11) is 1.78. The number of cyclic esters (lactones) is 1. The Kier molecular flexibility index (Phi) is 3.30. The van der Waals surface area contributed by atoms with E-state index in [0.717, 1.165) is 5.69 Å². The highest BCUT2D eigenvalue weighted by Gasteiger charge is 2.32. The molecule has 1 amide bonds. The van der Waals surface area contributed by atoms with Crippen LogP contribution in [0.15, 0.2) is 23.4 Å². The van der Waals surface area contributed by atoms with Crippen LogP contribution in [0.3, 0.4) is 0 Å². The highest BCUT2D eigenvalue weighted by atomic mass is 16.6. The van der Waals surface area contributed by atoms with E-state index in [1.807, 2.05) is 0 Å². The molecule has 0 aromatic heterocycles. The number of fused-ring (bicyclic) bond motifs is 1. The molecular formula is C13H16N4O4. The number of amides is 1. The number of nitrogens with zero attached hydrogens (tertiary/aromatic N) is 3. The number of hydrogen-bond donors (Lipinski definition) is 2. The summed E-state index contributed by atoms with van der Waals surface area (Å²) < 4.78 is 10.7. The summed E-state index contributed by atoms with van der Waals surface area (Å²) in [4.78, 5) is 15.1. The molecule has 0 bridgehead atoms. The molecule has 1 aromatic carbocycles. The molecule has 1 saturated heterocycles. The van der Waals surface area contributed by atoms with E-state index in [0.29, 0.717) is 30.4 Å². The molecule has 0 saturated carbocycles. The van der Waals surface area contributed by atoms with Crippen molar-refractivity contribution in [1.82, 2.24) is 0 Å². The molecule has 0 radical (unpaired) electrons. The van der Waals surface area contributed by atoms with Crippen LogP contribution in [0.25, 0.3) is 0 Å². The third kappa shape index (κ3) is 2.23. The van der Waals surface area contributed by atoms with Crippen LogP contribution in [0.1, 0.15) is 0 Å². The minimum absolute atomic E-state index is 0.166. The van der Waals surface area contributed by atoms with Gasteiger partial charge in [0.1, 0.15) is 18.5 Å². The van der Waals surface area contributed by atoms with Gasteiger partial charge in [0.2, 0.25) is 0 Å². The zero-order chi connectivity index (χ0) is 15.0. The van der Waals surface area contributed by atoms with Crippen LogP contribution in [0.4, 0.5) is 16.2 Å². The average Bonchev–Trinajstić information content (AvgIpc) is 2.88. The maximum Gasteiger partial charge on any atom is 0.414 e. The predicted octanol–water partition coefficient (Wildman–Crippen LogP) is 0.587. The summed E-state index contributed by atoms with van der Waals surface area (Å²) in [5.41, 5.74) is 6.98. The Bertz CT molecular complexity index is 604. The molecule has 0 spiro atoms. The maximum absolute atomic E-state index is 11.8. The Morgan fingerprint density at radius 2 is 2.33 bits per heavy atom. The van der Waals surface area contributed by atoms with Gasteiger partial charge in [-0.2, -0.15) is 0 Å². The SMILES string of the molecule is CN1C(=NO)COc2cc(N3CC(CN)OC3=O)ccc21. The van der Waals surface area contributed by atoms with Crippen LogP contribution < -0.4 is 20.3 Å². The Morgan fingerprint density at radius 1 is 1.52 bits per heavy atom. The van der Waals surface area contributed by atoms with Gasteiger partial charge < -0.3 is 25.3 Å². The molecule has 1 atom stereocenters. The molecule has 1 aromatic rings. The topological polar surface area (TPSA) is 101 Å². The van der Waals surface area contributed by atoms with E-state index in [-0.39, 0.29) is 12.7 Å². The summed E-state index contributed by atoms with van der Waals surface area (Å²) in [6.45, 7) is 0.884. The van der Waals surface area contributed by atoms with Gasteiger partial charge in [-0.05, 0) is 12.1 Å². The Labute approximate surface area is 121 Å². The van der Waals surface area contributed by atoms with Crippen LogP contribution in [0.5, 0.6) is 5.75 Å². The zero-order valence-electron chi connectivity index (χ0n) is 11.5. The third-order valence-electron chi connectivity index (χ3n) is 3.61. The van der Waals surface area contributed by atoms with E-state index >= 15 is 0 Å². The van der Waals surface area contributed by atoms with Crippen LogP contribution in [0, 0.1) is 0 Å². The van der Waals surface area contributed by atoms with E-state index in [4.69, 9.17) is 20.4 Å². The number of benzene rings is 1. The molecule has 112 valence electrons. The van der Waals surface area contributed by atoms with E-state index in [9.17, 15) is 4.79 Å². The first kappa shape index (κ1) is 13.5. The van der Waals surface area contributed by atoms with E-state index in [2.05, 4.69) is 5.16 Å². The van der Waals surface area contributed by atoms with Crippen molar-refractivity contribution >= 4 is 23.3 Å². The normalized spacial score (nSPS) is 23.0. The number of nitrogens with two attached hydrogens (primary N) is 1. The second-order valence-corrected chi connectivity index (χ2v) is 4.87. The fourth-order valence-corrected chi connectivity index (χ4v) is 2.39. The van der Waals surface area contributed by atoms with Gasteiger partial charge in [0, 0.05) is 19.7 Å². The lowest BCUT2D eigenvalue weighted by molar-refractivity contribution is 0.145. The smallest absolute Gasteiger partial charge is 0.414 e. The molecule has 1 fully saturated rings. The molecule has 0 aliphatic carbocycles. The molecule has 8 heteroatoms. The molecule has 2 aliphatic rings. The largest absolute Gasteiger partial charge is 0.483 e. The molecule has 3 rings (SSSR count). The van der Waals surface area contributed by atoms with Gasteiger partial charge in [-0.25, -0.2) is 4.79 Å². The number of amidine groups is 1. The summed E-state index contributed by atoms with van der Waals surface area (Å²) in [5.74, 6) is 1.03. The van der Waals surface area contributed by atoms with Crippen LogP contribution >= 0.6 is 0 Å². The van der Waals surface area contributed by atoms with Crippen LogP contribution in [-0.2, 0) is 4.74 Å². The van der Waals surface area contributed by atoms with Crippen LogP contribution in [0.2, 0.25) is 0 Å². The fourth-order valence-electron chi connectivity index (χ4n) is 2.39. The molecule has 2 heterocycles. The van der Waals surface area contributed by atoms with Crippen molar-refractivity contribution in [2.45, 2.75) is 6.10 Å². The fraction of sp³-hybridized carbons (Fsp3) is 0.385. The number of oxime groups is 1. The lowest BCUT2D eigenvalue weighted by Gasteiger charge is -2.28. The first-order valence-corrected chi connectivity index (χ1v) is 6.53. The Balaban J connectivity index is 1.89. The third-order valence-corrected chi connectivity index (χ3v) is 3.61. The quantitative estimate of drug-likeness (QED) is 0.611. The van der Waals surface area contributed by atoms with Gasteiger partial charge >= 0.3 is 6.09 Å². The minimum Gasteiger partial charge on any atom is -0.483 e. The van der Waals surface area contributed by atoms with Crippen LogP contribution in [-0.4, -0.2) is 50.0 Å². The first-order chi connectivity index (χ1) is 10.1. The second kappa shape index (κ2) is 5.13. The van der Waals surface area contributed by atoms with Crippen molar-refractivity contribution in [1.29, 1.82) is 0 Å². The molecule has 1 unspecified atom stereocenters. The first-order valence-electron chi connectivity index (χ1n) is 6.53. The van der Waals surface area contributed by atoms with Gasteiger partial charge in [0.15, 0.2) is 5.84 Å². The lowest BCUT2D eigenvalue weighted by Crippen LogP contribution is -2.36. The van der Waals surface area contributed by atoms with Crippen molar-refractivity contribution in [2.24, 2.45) is 10.9 Å². The second-order valence-electron chi connectivity index (χ2n) is 4.87. The van der Waals surface area contributed by atoms with Crippen molar-refractivity contribution in [3.63, 3.8) is 0 Å². The summed E-state index contributed by atoms with van der Waals surface area (Å²) >= 11 is 0. The summed E-state index contributed by atoms with van der Waals surface area (Å²) in [6.07, 6.45) is -0.697. The standard InChI is InChI=1S/C13H16N4O4/c1-16-10-3-2-8(4-11(10)20-7-12(16)15-19)17-6-9(5-14)21-13(17)18/h2-4,9,19H,5-7,14H2,1H3. The molecule has 21 heavy (non-hydrogen) atoms. The number of rotatable bonds is 2. The summed E-state index contributed by atoms with van der Waals surface area (Å²) in [6, 6.07) is 5.36. The maximum atomic E-state index is 11.8. The van der Waals surface area contributed by atoms with Gasteiger partial charge in [-0.3, -0.25) is 4.90 Å². The molecule has 3 N–H and O–H groups in total. The number of hydrogen-bond acceptors (Lipinski definition) is 6. The van der Waals surface area contributed by atoms with E-state index < -0.39 is 6.09 Å². The Morgan fingerprint density at radius 3 is 3.00 bits per heavy atom. The summed E-state index contributed by atoms with van der Waals surface area (Å²) in [5, 5.41) is 12.1. The predicted molar refractivity (Wildman–Crippen MR) is 76.2 cm³/mol. The van der Waals surface area contributed by atoms with Gasteiger partial charge in [0.25, 0.3) is 0 Å². The van der Waals surface area contributed by atoms with Gasteiger partial charge in [-0.15, -0.1) is 0 Å². The number of carbonyl (C=O) groups excluding carboxylic acids is 1. The number of likely N-dealkylation sites (N-methyl/N-ethyl adjacent to an activating group) is 1. The van der Waals surface area contributed by atoms with Crippen molar-refractivity contribution in [3.05, 3.63) is 18.2 Å². The average molecular weight is 292 g/mol. The van der Waals surface area contributed by atoms with E-state index in [1.165, 1.54) is 4.90 Å². The highest BCUT2D eigenvalue weighted by molar-refractivity contribution is 6.01.